The molecule has 0 aliphatic carbocycles. The fourth-order valence-electron chi connectivity index (χ4n) is 1.02. The van der Waals surface area contributed by atoms with Gasteiger partial charge in [0.15, 0.2) is 5.83 Å². The van der Waals surface area contributed by atoms with Gasteiger partial charge in [-0.15, -0.1) is 0 Å². The van der Waals surface area contributed by atoms with E-state index >= 15 is 0 Å². The molecule has 1 aromatic carbocycles. The maximum Gasteiger partial charge on any atom is 0.225 e. The van der Waals surface area contributed by atoms with Crippen LogP contribution in [0.15, 0.2) is 29.6 Å². The molecule has 0 aromatic heterocycles. The number of rotatable bonds is 2. The van der Waals surface area contributed by atoms with Crippen LogP contribution in [0.5, 0.6) is 0 Å². The molecule has 0 fully saturated rings. The van der Waals surface area contributed by atoms with E-state index in [1.807, 2.05) is 19.0 Å². The third-order valence-electron chi connectivity index (χ3n) is 1.80. The van der Waals surface area contributed by atoms with Crippen LogP contribution in [0.2, 0.25) is 0 Å². The van der Waals surface area contributed by atoms with Crippen LogP contribution in [0.25, 0.3) is 5.83 Å². The summed E-state index contributed by atoms with van der Waals surface area (Å²) < 4.78 is 25.2. The minimum absolute atomic E-state index is 0.142. The van der Waals surface area contributed by atoms with Crippen molar-refractivity contribution in [1.29, 1.82) is 0 Å². The van der Waals surface area contributed by atoms with Crippen molar-refractivity contribution in [1.82, 2.24) is 0 Å². The summed E-state index contributed by atoms with van der Waals surface area (Å²) in [6.45, 7) is 0. The normalized spacial score (nSPS) is 12.4. The Kier molecular flexibility index (Phi) is 3.47. The largest absolute Gasteiger partial charge is 0.378 e. The molecule has 0 heterocycles. The third kappa shape index (κ3) is 2.45. The first-order valence-electron chi connectivity index (χ1n) is 4.01. The Morgan fingerprint density at radius 2 is 1.64 bits per heavy atom. The lowest BCUT2D eigenvalue weighted by Crippen LogP contribution is -2.08. The van der Waals surface area contributed by atoms with Gasteiger partial charge in [0.2, 0.25) is 5.29 Å². The standard InChI is InChI=1S/C10H10ClF2N/c1-14(2)8-5-3-7(4-6-8)9(12)10(11)13/h3-6H,1-2H3. The molecule has 76 valence electrons. The minimum atomic E-state index is -1.32. The van der Waals surface area contributed by atoms with Crippen LogP contribution in [-0.4, -0.2) is 14.1 Å². The molecule has 0 aliphatic heterocycles. The quantitative estimate of drug-likeness (QED) is 0.732. The van der Waals surface area contributed by atoms with Gasteiger partial charge in [0, 0.05) is 25.3 Å². The van der Waals surface area contributed by atoms with Gasteiger partial charge >= 0.3 is 0 Å². The zero-order valence-electron chi connectivity index (χ0n) is 7.89. The van der Waals surface area contributed by atoms with Crippen molar-refractivity contribution in [2.24, 2.45) is 0 Å². The van der Waals surface area contributed by atoms with Crippen molar-refractivity contribution in [3.05, 3.63) is 35.1 Å². The first-order valence-corrected chi connectivity index (χ1v) is 4.38. The Labute approximate surface area is 86.6 Å². The summed E-state index contributed by atoms with van der Waals surface area (Å²) in [5.41, 5.74) is 1.06. The Morgan fingerprint density at radius 3 is 2.00 bits per heavy atom. The van der Waals surface area contributed by atoms with Gasteiger partial charge in [-0.2, -0.15) is 4.39 Å². The molecule has 0 atom stereocenters. The molecule has 0 amide bonds. The van der Waals surface area contributed by atoms with E-state index in [-0.39, 0.29) is 5.56 Å². The van der Waals surface area contributed by atoms with Gasteiger partial charge in [-0.05, 0) is 35.9 Å². The molecule has 0 radical (unpaired) electrons. The van der Waals surface area contributed by atoms with Gasteiger partial charge in [0.05, 0.1) is 0 Å². The van der Waals surface area contributed by atoms with Gasteiger partial charge in [-0.3, -0.25) is 0 Å². The summed E-state index contributed by atoms with van der Waals surface area (Å²) in [6, 6.07) is 6.34. The van der Waals surface area contributed by atoms with Crippen LogP contribution < -0.4 is 4.90 Å². The average Bonchev–Trinajstić information content (AvgIpc) is 2.16. The van der Waals surface area contributed by atoms with Gasteiger partial charge in [0.1, 0.15) is 0 Å². The highest BCUT2D eigenvalue weighted by molar-refractivity contribution is 6.30. The van der Waals surface area contributed by atoms with Crippen molar-refractivity contribution in [3.8, 4) is 0 Å². The molecule has 4 heteroatoms. The van der Waals surface area contributed by atoms with E-state index in [1.54, 1.807) is 12.1 Å². The lowest BCUT2D eigenvalue weighted by Gasteiger charge is -2.12. The predicted molar refractivity (Wildman–Crippen MR) is 55.8 cm³/mol. The number of anilines is 1. The molecule has 0 spiro atoms. The van der Waals surface area contributed by atoms with Gasteiger partial charge < -0.3 is 4.90 Å². The Hall–Kier alpha value is -1.09. The van der Waals surface area contributed by atoms with E-state index < -0.39 is 11.1 Å². The number of hydrogen-bond donors (Lipinski definition) is 0. The van der Waals surface area contributed by atoms with Crippen LogP contribution in [0.3, 0.4) is 0 Å². The zero-order valence-corrected chi connectivity index (χ0v) is 8.65. The lowest BCUT2D eigenvalue weighted by molar-refractivity contribution is 0.651. The van der Waals surface area contributed by atoms with Crippen molar-refractivity contribution < 1.29 is 8.78 Å². The maximum atomic E-state index is 12.9. The topological polar surface area (TPSA) is 3.24 Å². The molecule has 1 aromatic rings. The van der Waals surface area contributed by atoms with E-state index in [4.69, 9.17) is 11.6 Å². The lowest BCUT2D eigenvalue weighted by atomic mass is 10.2. The van der Waals surface area contributed by atoms with Gasteiger partial charge in [-0.25, -0.2) is 4.39 Å². The second kappa shape index (κ2) is 4.42. The number of nitrogens with zero attached hydrogens (tertiary/aromatic N) is 1. The first kappa shape index (κ1) is 11.0. The summed E-state index contributed by atoms with van der Waals surface area (Å²) in [7, 11) is 3.73. The Bertz CT molecular complexity index is 340. The van der Waals surface area contributed by atoms with Crippen LogP contribution in [0.4, 0.5) is 14.5 Å². The molecule has 0 saturated heterocycles. The SMILES string of the molecule is CN(C)c1ccc(C(F)=C(F)Cl)cc1. The Balaban J connectivity index is 3.00. The average molecular weight is 218 g/mol. The minimum Gasteiger partial charge on any atom is -0.378 e. The second-order valence-electron chi connectivity index (χ2n) is 3.02. The van der Waals surface area contributed by atoms with Crippen molar-refractivity contribution in [2.45, 2.75) is 0 Å². The molecular formula is C10H10ClF2N. The van der Waals surface area contributed by atoms with Crippen LogP contribution in [-0.2, 0) is 0 Å². The third-order valence-corrected chi connectivity index (χ3v) is 1.97. The molecule has 14 heavy (non-hydrogen) atoms. The van der Waals surface area contributed by atoms with Crippen LogP contribution in [0.1, 0.15) is 5.56 Å². The van der Waals surface area contributed by atoms with Crippen molar-refractivity contribution in [2.75, 3.05) is 19.0 Å². The molecule has 1 nitrogen and oxygen atoms in total. The van der Waals surface area contributed by atoms with Gasteiger partial charge in [-0.1, -0.05) is 0 Å². The maximum absolute atomic E-state index is 12.9. The second-order valence-corrected chi connectivity index (χ2v) is 3.35. The van der Waals surface area contributed by atoms with E-state index in [9.17, 15) is 8.78 Å². The van der Waals surface area contributed by atoms with Crippen LogP contribution >= 0.6 is 11.6 Å². The highest BCUT2D eigenvalue weighted by atomic mass is 35.5. The van der Waals surface area contributed by atoms with E-state index in [1.165, 1.54) is 12.1 Å². The molecule has 0 bridgehead atoms. The highest BCUT2D eigenvalue weighted by Gasteiger charge is 2.06. The fraction of sp³-hybridized carbons (Fsp3) is 0.200. The molecule has 0 N–H and O–H groups in total. The molecule has 0 aliphatic rings. The monoisotopic (exact) mass is 217 g/mol. The van der Waals surface area contributed by atoms with E-state index in [0.29, 0.717) is 0 Å². The van der Waals surface area contributed by atoms with E-state index in [0.717, 1.165) is 5.69 Å². The fourth-order valence-corrected chi connectivity index (χ4v) is 1.12. The van der Waals surface area contributed by atoms with E-state index in [2.05, 4.69) is 0 Å². The first-order chi connectivity index (χ1) is 6.52. The summed E-state index contributed by atoms with van der Waals surface area (Å²) >= 11 is 4.89. The predicted octanol–water partition coefficient (Wildman–Crippen LogP) is 3.56. The Morgan fingerprint density at radius 1 is 1.14 bits per heavy atom. The molecule has 0 unspecified atom stereocenters. The van der Waals surface area contributed by atoms with Crippen molar-refractivity contribution >= 4 is 23.1 Å². The summed E-state index contributed by atoms with van der Waals surface area (Å²) in [5.74, 6) is -1.03. The molecular weight excluding hydrogens is 208 g/mol. The van der Waals surface area contributed by atoms with Crippen molar-refractivity contribution in [3.63, 3.8) is 0 Å². The summed E-state index contributed by atoms with van der Waals surface area (Å²) in [5, 5.41) is -1.32. The number of halogens is 3. The summed E-state index contributed by atoms with van der Waals surface area (Å²) in [6.07, 6.45) is 0. The summed E-state index contributed by atoms with van der Waals surface area (Å²) in [4.78, 5) is 1.86. The van der Waals surface area contributed by atoms with Crippen LogP contribution in [0, 0.1) is 0 Å². The number of hydrogen-bond acceptors (Lipinski definition) is 1. The highest BCUT2D eigenvalue weighted by Crippen LogP contribution is 2.25. The molecule has 0 saturated carbocycles. The number of benzene rings is 1. The molecule has 1 rings (SSSR count). The zero-order chi connectivity index (χ0) is 10.7. The smallest absolute Gasteiger partial charge is 0.225 e. The van der Waals surface area contributed by atoms with Gasteiger partial charge in [0.25, 0.3) is 0 Å².